The molecule has 2 aromatic carbocycles. The van der Waals surface area contributed by atoms with E-state index in [1.807, 2.05) is 0 Å². The van der Waals surface area contributed by atoms with E-state index in [1.165, 1.54) is 12.1 Å². The summed E-state index contributed by atoms with van der Waals surface area (Å²) in [7, 11) is 3.10. The highest BCUT2D eigenvalue weighted by Crippen LogP contribution is 2.34. The van der Waals surface area contributed by atoms with Gasteiger partial charge in [-0.1, -0.05) is 6.42 Å². The molecule has 2 aliphatic rings. The summed E-state index contributed by atoms with van der Waals surface area (Å²) >= 11 is 0. The van der Waals surface area contributed by atoms with Gasteiger partial charge in [0.05, 0.1) is 20.8 Å². The minimum absolute atomic E-state index is 0.0531. The van der Waals surface area contributed by atoms with Crippen molar-refractivity contribution < 1.29 is 23.5 Å². The van der Waals surface area contributed by atoms with Crippen LogP contribution < -0.4 is 20.1 Å². The Morgan fingerprint density at radius 3 is 2.30 bits per heavy atom. The first-order chi connectivity index (χ1) is 16.0. The highest BCUT2D eigenvalue weighted by molar-refractivity contribution is 5.95. The Balaban J connectivity index is 1.36. The normalized spacial score (nSPS) is 22.3. The molecule has 2 heterocycles. The predicted molar refractivity (Wildman–Crippen MR) is 123 cm³/mol. The topological polar surface area (TPSA) is 79.9 Å². The average Bonchev–Trinajstić information content (AvgIpc) is 2.80. The SMILES string of the molecule is COc1ccc(C(=O)NC2CC3CCCC(C2)N3CC(=O)Nc2ccc(F)cc2)cc1OC. The van der Waals surface area contributed by atoms with E-state index in [4.69, 9.17) is 9.47 Å². The number of nitrogens with zero attached hydrogens (tertiary/aromatic N) is 1. The van der Waals surface area contributed by atoms with Crippen molar-refractivity contribution in [2.45, 2.75) is 50.2 Å². The lowest BCUT2D eigenvalue weighted by molar-refractivity contribution is -0.120. The minimum Gasteiger partial charge on any atom is -0.493 e. The van der Waals surface area contributed by atoms with Crippen LogP contribution >= 0.6 is 0 Å². The second-order valence-corrected chi connectivity index (χ2v) is 8.68. The highest BCUT2D eigenvalue weighted by Gasteiger charge is 2.39. The van der Waals surface area contributed by atoms with Crippen molar-refractivity contribution >= 4 is 17.5 Å². The molecule has 0 saturated carbocycles. The van der Waals surface area contributed by atoms with Crippen molar-refractivity contribution in [2.24, 2.45) is 0 Å². The largest absolute Gasteiger partial charge is 0.493 e. The van der Waals surface area contributed by atoms with Crippen LogP contribution in [0, 0.1) is 5.82 Å². The van der Waals surface area contributed by atoms with Crippen molar-refractivity contribution in [2.75, 3.05) is 26.1 Å². The Hall–Kier alpha value is -3.13. The summed E-state index contributed by atoms with van der Waals surface area (Å²) in [5.74, 6) is 0.521. The fraction of sp³-hybridized carbons (Fsp3) is 0.440. The molecule has 2 atom stereocenters. The number of nitrogens with one attached hydrogen (secondary N) is 2. The molecule has 2 N–H and O–H groups in total. The number of fused-ring (bicyclic) bond motifs is 2. The summed E-state index contributed by atoms with van der Waals surface area (Å²) in [6, 6.07) is 11.5. The second-order valence-electron chi connectivity index (χ2n) is 8.68. The van der Waals surface area contributed by atoms with Crippen LogP contribution in [-0.4, -0.2) is 55.6 Å². The Morgan fingerprint density at radius 2 is 1.67 bits per heavy atom. The molecule has 33 heavy (non-hydrogen) atoms. The van der Waals surface area contributed by atoms with Crippen molar-refractivity contribution in [3.63, 3.8) is 0 Å². The molecule has 2 amide bonds. The maximum Gasteiger partial charge on any atom is 0.251 e. The first-order valence-corrected chi connectivity index (χ1v) is 11.3. The summed E-state index contributed by atoms with van der Waals surface area (Å²) in [4.78, 5) is 27.8. The fourth-order valence-electron chi connectivity index (χ4n) is 5.00. The standard InChI is InChI=1S/C25H30FN3O4/c1-32-22-11-6-16(12-23(22)33-2)25(31)28-19-13-20-4-3-5-21(14-19)29(20)15-24(30)27-18-9-7-17(26)8-10-18/h6-12,19-21H,3-5,13-15H2,1-2H3,(H,27,30)(H,28,31). The molecular formula is C25H30FN3O4. The summed E-state index contributed by atoms with van der Waals surface area (Å²) < 4.78 is 23.7. The van der Waals surface area contributed by atoms with Crippen LogP contribution in [0.1, 0.15) is 42.5 Å². The molecule has 2 aliphatic heterocycles. The van der Waals surface area contributed by atoms with Crippen LogP contribution in [0.4, 0.5) is 10.1 Å². The van der Waals surface area contributed by atoms with Gasteiger partial charge in [0.2, 0.25) is 5.91 Å². The molecule has 2 saturated heterocycles. The number of carbonyl (C=O) groups excluding carboxylic acids is 2. The number of methoxy groups -OCH3 is 2. The van der Waals surface area contributed by atoms with E-state index < -0.39 is 0 Å². The molecular weight excluding hydrogens is 425 g/mol. The second kappa shape index (κ2) is 10.2. The summed E-state index contributed by atoms with van der Waals surface area (Å²) in [5, 5.41) is 6.03. The molecule has 7 nitrogen and oxygen atoms in total. The molecule has 8 heteroatoms. The number of halogens is 1. The van der Waals surface area contributed by atoms with Crippen LogP contribution in [0.15, 0.2) is 42.5 Å². The maximum absolute atomic E-state index is 13.1. The van der Waals surface area contributed by atoms with E-state index >= 15 is 0 Å². The van der Waals surface area contributed by atoms with Gasteiger partial charge in [-0.2, -0.15) is 0 Å². The third-order valence-electron chi connectivity index (χ3n) is 6.56. The van der Waals surface area contributed by atoms with Gasteiger partial charge in [-0.05, 0) is 68.1 Å². The van der Waals surface area contributed by atoms with E-state index in [1.54, 1.807) is 44.6 Å². The number of benzene rings is 2. The number of ether oxygens (including phenoxy) is 2. The third-order valence-corrected chi connectivity index (χ3v) is 6.56. The lowest BCUT2D eigenvalue weighted by atomic mass is 9.81. The number of rotatable bonds is 7. The zero-order chi connectivity index (χ0) is 23.4. The Morgan fingerprint density at radius 1 is 1.00 bits per heavy atom. The van der Waals surface area contributed by atoms with Crippen LogP contribution in [0.2, 0.25) is 0 Å². The van der Waals surface area contributed by atoms with Gasteiger partial charge >= 0.3 is 0 Å². The van der Waals surface area contributed by atoms with Gasteiger partial charge in [-0.25, -0.2) is 4.39 Å². The van der Waals surface area contributed by atoms with Gasteiger partial charge in [0.15, 0.2) is 11.5 Å². The van der Waals surface area contributed by atoms with Crippen molar-refractivity contribution in [3.05, 3.63) is 53.8 Å². The van der Waals surface area contributed by atoms with Gasteiger partial charge in [0.25, 0.3) is 5.91 Å². The van der Waals surface area contributed by atoms with Gasteiger partial charge in [-0.15, -0.1) is 0 Å². The molecule has 2 unspecified atom stereocenters. The number of hydrogen-bond acceptors (Lipinski definition) is 5. The lowest BCUT2D eigenvalue weighted by Gasteiger charge is -2.48. The van der Waals surface area contributed by atoms with E-state index in [2.05, 4.69) is 15.5 Å². The predicted octanol–water partition coefficient (Wildman–Crippen LogP) is 3.60. The van der Waals surface area contributed by atoms with Gasteiger partial charge in [0, 0.05) is 29.4 Å². The molecule has 2 bridgehead atoms. The van der Waals surface area contributed by atoms with E-state index in [0.717, 1.165) is 32.1 Å². The first-order valence-electron chi connectivity index (χ1n) is 11.3. The minimum atomic E-state index is -0.334. The summed E-state index contributed by atoms with van der Waals surface area (Å²) in [6.07, 6.45) is 4.74. The average molecular weight is 456 g/mol. The van der Waals surface area contributed by atoms with Crippen LogP contribution in [0.25, 0.3) is 0 Å². The molecule has 0 radical (unpaired) electrons. The highest BCUT2D eigenvalue weighted by atomic mass is 19.1. The Bertz CT molecular complexity index is 984. The Labute approximate surface area is 193 Å². The van der Waals surface area contributed by atoms with E-state index in [0.29, 0.717) is 29.3 Å². The van der Waals surface area contributed by atoms with E-state index in [9.17, 15) is 14.0 Å². The molecule has 176 valence electrons. The molecule has 0 aromatic heterocycles. The first kappa shape index (κ1) is 23.0. The number of piperidine rings is 2. The molecule has 0 spiro atoms. The zero-order valence-electron chi connectivity index (χ0n) is 19.0. The van der Waals surface area contributed by atoms with Crippen LogP contribution in [-0.2, 0) is 4.79 Å². The molecule has 0 aliphatic carbocycles. The summed E-state index contributed by atoms with van der Waals surface area (Å²) in [6.45, 7) is 0.295. The van der Waals surface area contributed by atoms with Crippen LogP contribution in [0.3, 0.4) is 0 Å². The Kier molecular flexibility index (Phi) is 7.13. The van der Waals surface area contributed by atoms with Gasteiger partial charge in [-0.3, -0.25) is 14.5 Å². The van der Waals surface area contributed by atoms with Gasteiger partial charge < -0.3 is 20.1 Å². The molecule has 2 aromatic rings. The maximum atomic E-state index is 13.1. The quantitative estimate of drug-likeness (QED) is 0.667. The van der Waals surface area contributed by atoms with Crippen molar-refractivity contribution in [3.8, 4) is 11.5 Å². The summed E-state index contributed by atoms with van der Waals surface area (Å²) in [5.41, 5.74) is 1.11. The number of anilines is 1. The van der Waals surface area contributed by atoms with E-state index in [-0.39, 0.29) is 35.8 Å². The van der Waals surface area contributed by atoms with Crippen molar-refractivity contribution in [1.82, 2.24) is 10.2 Å². The lowest BCUT2D eigenvalue weighted by Crippen LogP contribution is -2.58. The third kappa shape index (κ3) is 5.45. The monoisotopic (exact) mass is 455 g/mol. The van der Waals surface area contributed by atoms with Gasteiger partial charge in [0.1, 0.15) is 5.82 Å². The smallest absolute Gasteiger partial charge is 0.251 e. The zero-order valence-corrected chi connectivity index (χ0v) is 19.0. The molecule has 4 rings (SSSR count). The van der Waals surface area contributed by atoms with Crippen molar-refractivity contribution in [1.29, 1.82) is 0 Å². The number of hydrogen-bond donors (Lipinski definition) is 2. The number of amides is 2. The number of carbonyl (C=O) groups is 2. The fourth-order valence-corrected chi connectivity index (χ4v) is 5.00. The van der Waals surface area contributed by atoms with Crippen LogP contribution in [0.5, 0.6) is 11.5 Å². The molecule has 2 fully saturated rings.